The van der Waals surface area contributed by atoms with Gasteiger partial charge in [-0.05, 0) is 18.9 Å². The van der Waals surface area contributed by atoms with Crippen molar-refractivity contribution in [2.45, 2.75) is 19.4 Å². The van der Waals surface area contributed by atoms with Gasteiger partial charge in [0.1, 0.15) is 0 Å². The molecule has 1 fully saturated rings. The van der Waals surface area contributed by atoms with Gasteiger partial charge < -0.3 is 10.2 Å². The highest BCUT2D eigenvalue weighted by molar-refractivity contribution is 5.76. The fraction of sp³-hybridized carbons (Fsp3) is 0.417. The molecule has 0 bridgehead atoms. The maximum absolute atomic E-state index is 11.4. The average Bonchev–Trinajstić information content (AvgIpc) is 2.66. The van der Waals surface area contributed by atoms with Gasteiger partial charge in [0.2, 0.25) is 0 Å². The molecule has 3 nitrogen and oxygen atoms in total. The van der Waals surface area contributed by atoms with Crippen LogP contribution in [0.2, 0.25) is 0 Å². The first-order chi connectivity index (χ1) is 7.27. The normalized spacial score (nSPS) is 17.7. The SMILES string of the molecule is CC(Cc1ccccc1)N1CCNC1=O. The fourth-order valence-electron chi connectivity index (χ4n) is 1.97. The Balaban J connectivity index is 1.97. The van der Waals surface area contributed by atoms with E-state index in [0.717, 1.165) is 19.5 Å². The Kier molecular flexibility index (Phi) is 2.90. The summed E-state index contributed by atoms with van der Waals surface area (Å²) in [6, 6.07) is 10.6. The summed E-state index contributed by atoms with van der Waals surface area (Å²) >= 11 is 0. The molecule has 1 aliphatic heterocycles. The Morgan fingerprint density at radius 2 is 2.13 bits per heavy atom. The summed E-state index contributed by atoms with van der Waals surface area (Å²) in [5, 5.41) is 2.82. The summed E-state index contributed by atoms with van der Waals surface area (Å²) in [5.41, 5.74) is 1.28. The smallest absolute Gasteiger partial charge is 0.317 e. The van der Waals surface area contributed by atoms with Crippen LogP contribution in [0.1, 0.15) is 12.5 Å². The highest BCUT2D eigenvalue weighted by Crippen LogP contribution is 2.10. The lowest BCUT2D eigenvalue weighted by Crippen LogP contribution is -2.37. The van der Waals surface area contributed by atoms with Crippen LogP contribution in [0.5, 0.6) is 0 Å². The highest BCUT2D eigenvalue weighted by atomic mass is 16.2. The molecule has 1 heterocycles. The van der Waals surface area contributed by atoms with Gasteiger partial charge in [0.25, 0.3) is 0 Å². The molecule has 0 spiro atoms. The van der Waals surface area contributed by atoms with Crippen molar-refractivity contribution in [3.8, 4) is 0 Å². The van der Waals surface area contributed by atoms with E-state index < -0.39 is 0 Å². The summed E-state index contributed by atoms with van der Waals surface area (Å²) < 4.78 is 0. The maximum atomic E-state index is 11.4. The molecular formula is C12H16N2O. The van der Waals surface area contributed by atoms with Crippen molar-refractivity contribution in [1.29, 1.82) is 0 Å². The number of urea groups is 1. The van der Waals surface area contributed by atoms with E-state index in [4.69, 9.17) is 0 Å². The van der Waals surface area contributed by atoms with E-state index in [1.807, 2.05) is 23.1 Å². The lowest BCUT2D eigenvalue weighted by atomic mass is 10.1. The second-order valence-electron chi connectivity index (χ2n) is 3.96. The predicted molar refractivity (Wildman–Crippen MR) is 59.7 cm³/mol. The number of carbonyl (C=O) groups excluding carboxylic acids is 1. The van der Waals surface area contributed by atoms with Crippen LogP contribution in [0, 0.1) is 0 Å². The number of amides is 2. The minimum Gasteiger partial charge on any atom is -0.336 e. The molecule has 0 saturated carbocycles. The molecule has 2 rings (SSSR count). The van der Waals surface area contributed by atoms with Crippen molar-refractivity contribution in [1.82, 2.24) is 10.2 Å². The van der Waals surface area contributed by atoms with Gasteiger partial charge in [-0.3, -0.25) is 0 Å². The van der Waals surface area contributed by atoms with E-state index in [1.54, 1.807) is 0 Å². The monoisotopic (exact) mass is 204 g/mol. The fourth-order valence-corrected chi connectivity index (χ4v) is 1.97. The van der Waals surface area contributed by atoms with Gasteiger partial charge in [-0.15, -0.1) is 0 Å². The molecule has 15 heavy (non-hydrogen) atoms. The van der Waals surface area contributed by atoms with Crippen LogP contribution in [0.3, 0.4) is 0 Å². The van der Waals surface area contributed by atoms with Crippen LogP contribution >= 0.6 is 0 Å². The van der Waals surface area contributed by atoms with Crippen molar-refractivity contribution in [2.75, 3.05) is 13.1 Å². The predicted octanol–water partition coefficient (Wildman–Crippen LogP) is 1.64. The van der Waals surface area contributed by atoms with E-state index in [2.05, 4.69) is 24.4 Å². The Morgan fingerprint density at radius 1 is 1.40 bits per heavy atom. The van der Waals surface area contributed by atoms with Crippen molar-refractivity contribution < 1.29 is 4.79 Å². The zero-order chi connectivity index (χ0) is 10.7. The van der Waals surface area contributed by atoms with Gasteiger partial charge in [0.15, 0.2) is 0 Å². The first-order valence-corrected chi connectivity index (χ1v) is 5.36. The van der Waals surface area contributed by atoms with E-state index >= 15 is 0 Å². The number of nitrogens with one attached hydrogen (secondary N) is 1. The summed E-state index contributed by atoms with van der Waals surface area (Å²) in [7, 11) is 0. The Bertz CT molecular complexity index is 337. The second-order valence-corrected chi connectivity index (χ2v) is 3.96. The van der Waals surface area contributed by atoms with Crippen LogP contribution in [-0.2, 0) is 6.42 Å². The Morgan fingerprint density at radius 3 is 2.73 bits per heavy atom. The van der Waals surface area contributed by atoms with Crippen LogP contribution in [0.15, 0.2) is 30.3 Å². The molecule has 1 saturated heterocycles. The molecule has 3 heteroatoms. The first-order valence-electron chi connectivity index (χ1n) is 5.36. The van der Waals surface area contributed by atoms with E-state index in [1.165, 1.54) is 5.56 Å². The van der Waals surface area contributed by atoms with Crippen LogP contribution < -0.4 is 5.32 Å². The number of rotatable bonds is 3. The molecule has 1 aromatic rings. The van der Waals surface area contributed by atoms with Gasteiger partial charge in [-0.1, -0.05) is 30.3 Å². The minimum absolute atomic E-state index is 0.0680. The number of hydrogen-bond acceptors (Lipinski definition) is 1. The zero-order valence-corrected chi connectivity index (χ0v) is 8.94. The van der Waals surface area contributed by atoms with E-state index in [0.29, 0.717) is 0 Å². The molecule has 1 atom stereocenters. The summed E-state index contributed by atoms with van der Waals surface area (Å²) in [6.45, 7) is 3.70. The second kappa shape index (κ2) is 4.34. The largest absolute Gasteiger partial charge is 0.336 e. The molecule has 0 aromatic heterocycles. The number of carbonyl (C=O) groups is 1. The zero-order valence-electron chi connectivity index (χ0n) is 8.94. The number of hydrogen-bond donors (Lipinski definition) is 1. The van der Waals surface area contributed by atoms with Crippen molar-refractivity contribution in [2.24, 2.45) is 0 Å². The molecular weight excluding hydrogens is 188 g/mol. The summed E-state index contributed by atoms with van der Waals surface area (Å²) in [6.07, 6.45) is 0.925. The molecule has 2 amide bonds. The van der Waals surface area contributed by atoms with Gasteiger partial charge in [0.05, 0.1) is 0 Å². The summed E-state index contributed by atoms with van der Waals surface area (Å²) in [5.74, 6) is 0. The third-order valence-corrected chi connectivity index (χ3v) is 2.80. The topological polar surface area (TPSA) is 32.3 Å². The third-order valence-electron chi connectivity index (χ3n) is 2.80. The van der Waals surface area contributed by atoms with Crippen LogP contribution in [0.4, 0.5) is 4.79 Å². The van der Waals surface area contributed by atoms with Crippen molar-refractivity contribution >= 4 is 6.03 Å². The van der Waals surface area contributed by atoms with Gasteiger partial charge in [-0.2, -0.15) is 0 Å². The number of nitrogens with zero attached hydrogens (tertiary/aromatic N) is 1. The lowest BCUT2D eigenvalue weighted by Gasteiger charge is -2.22. The highest BCUT2D eigenvalue weighted by Gasteiger charge is 2.24. The minimum atomic E-state index is 0.0680. The molecule has 0 aliphatic carbocycles. The lowest BCUT2D eigenvalue weighted by molar-refractivity contribution is 0.202. The third kappa shape index (κ3) is 2.29. The van der Waals surface area contributed by atoms with E-state index in [9.17, 15) is 4.79 Å². The molecule has 1 aliphatic rings. The quantitative estimate of drug-likeness (QED) is 0.797. The molecule has 1 aromatic carbocycles. The molecule has 0 radical (unpaired) electrons. The van der Waals surface area contributed by atoms with Gasteiger partial charge in [0, 0.05) is 19.1 Å². The van der Waals surface area contributed by atoms with Crippen LogP contribution in [0.25, 0.3) is 0 Å². The standard InChI is InChI=1S/C12H16N2O/c1-10(14-8-7-13-12(14)15)9-11-5-3-2-4-6-11/h2-6,10H,7-9H2,1H3,(H,13,15). The Labute approximate surface area is 90.1 Å². The molecule has 80 valence electrons. The average molecular weight is 204 g/mol. The molecule has 1 N–H and O–H groups in total. The van der Waals surface area contributed by atoms with Gasteiger partial charge >= 0.3 is 6.03 Å². The van der Waals surface area contributed by atoms with Crippen molar-refractivity contribution in [3.63, 3.8) is 0 Å². The first kappa shape index (κ1) is 10.0. The van der Waals surface area contributed by atoms with Crippen molar-refractivity contribution in [3.05, 3.63) is 35.9 Å². The van der Waals surface area contributed by atoms with Crippen LogP contribution in [-0.4, -0.2) is 30.1 Å². The van der Waals surface area contributed by atoms with E-state index in [-0.39, 0.29) is 12.1 Å². The molecule has 1 unspecified atom stereocenters. The summed E-state index contributed by atoms with van der Waals surface area (Å²) in [4.78, 5) is 13.3. The number of benzene rings is 1. The maximum Gasteiger partial charge on any atom is 0.317 e. The van der Waals surface area contributed by atoms with Gasteiger partial charge in [-0.25, -0.2) is 4.79 Å². The Hall–Kier alpha value is -1.51.